The van der Waals surface area contributed by atoms with Gasteiger partial charge in [-0.1, -0.05) is 13.0 Å². The molecule has 16 heavy (non-hydrogen) atoms. The predicted octanol–water partition coefficient (Wildman–Crippen LogP) is 3.47. The van der Waals surface area contributed by atoms with Crippen molar-refractivity contribution in [2.75, 3.05) is 5.73 Å². The molecule has 2 N–H and O–H groups in total. The number of nitrogens with two attached hydrogens (primary N) is 1. The third kappa shape index (κ3) is 3.16. The molecule has 0 radical (unpaired) electrons. The van der Waals surface area contributed by atoms with Crippen LogP contribution >= 0.6 is 11.8 Å². The fraction of sp³-hybridized carbons (Fsp3) is 0.300. The van der Waals surface area contributed by atoms with E-state index in [1.54, 1.807) is 6.92 Å². The van der Waals surface area contributed by atoms with Gasteiger partial charge >= 0.3 is 5.51 Å². The standard InChI is InChI=1S/C10H10F3NOS/c1-2-7(15)6-4-3-5-8(9(6)14)16-10(11,12)13/h3-5H,2,14H2,1H3. The van der Waals surface area contributed by atoms with Crippen molar-refractivity contribution in [1.29, 1.82) is 0 Å². The van der Waals surface area contributed by atoms with Crippen LogP contribution in [0.25, 0.3) is 0 Å². The normalized spacial score (nSPS) is 11.5. The van der Waals surface area contributed by atoms with Crippen molar-refractivity contribution in [3.8, 4) is 0 Å². The minimum absolute atomic E-state index is 0.100. The first kappa shape index (κ1) is 12.9. The summed E-state index contributed by atoms with van der Waals surface area (Å²) in [6.07, 6.45) is 0.213. The number of Topliss-reactive ketones (excluding diaryl/α,β-unsaturated/α-hetero) is 1. The van der Waals surface area contributed by atoms with Gasteiger partial charge in [0.2, 0.25) is 0 Å². The summed E-state index contributed by atoms with van der Waals surface area (Å²) in [5, 5.41) is 0. The van der Waals surface area contributed by atoms with Crippen LogP contribution in [0.1, 0.15) is 23.7 Å². The highest BCUT2D eigenvalue weighted by molar-refractivity contribution is 8.00. The van der Waals surface area contributed by atoms with Gasteiger partial charge in [-0.15, -0.1) is 0 Å². The van der Waals surface area contributed by atoms with Gasteiger partial charge in [0.1, 0.15) is 0 Å². The van der Waals surface area contributed by atoms with Crippen LogP contribution in [-0.4, -0.2) is 11.3 Å². The molecule has 0 heterocycles. The number of para-hydroxylation sites is 1. The summed E-state index contributed by atoms with van der Waals surface area (Å²) < 4.78 is 36.5. The van der Waals surface area contributed by atoms with Gasteiger partial charge in [0.25, 0.3) is 0 Å². The average Bonchev–Trinajstić information content (AvgIpc) is 2.18. The summed E-state index contributed by atoms with van der Waals surface area (Å²) in [5.41, 5.74) is 1.17. The van der Waals surface area contributed by atoms with Gasteiger partial charge < -0.3 is 5.73 Å². The predicted molar refractivity (Wildman–Crippen MR) is 57.4 cm³/mol. The minimum atomic E-state index is -4.40. The zero-order chi connectivity index (χ0) is 12.3. The van der Waals surface area contributed by atoms with Crippen LogP contribution in [-0.2, 0) is 0 Å². The molecule has 0 fully saturated rings. The number of benzene rings is 1. The molecule has 1 rings (SSSR count). The van der Waals surface area contributed by atoms with Crippen molar-refractivity contribution in [3.05, 3.63) is 23.8 Å². The number of ketones is 1. The summed E-state index contributed by atoms with van der Waals surface area (Å²) in [6, 6.07) is 4.08. The van der Waals surface area contributed by atoms with E-state index < -0.39 is 5.51 Å². The van der Waals surface area contributed by atoms with Crippen LogP contribution in [0.4, 0.5) is 18.9 Å². The lowest BCUT2D eigenvalue weighted by Gasteiger charge is -2.10. The van der Waals surface area contributed by atoms with E-state index in [4.69, 9.17) is 5.73 Å². The summed E-state index contributed by atoms with van der Waals surface area (Å²) in [7, 11) is 0. The number of hydrogen-bond donors (Lipinski definition) is 1. The Morgan fingerprint density at radius 2 is 2.06 bits per heavy atom. The molecular formula is C10H10F3NOS. The van der Waals surface area contributed by atoms with Crippen LogP contribution in [0, 0.1) is 0 Å². The van der Waals surface area contributed by atoms with Crippen LogP contribution in [0.3, 0.4) is 0 Å². The Balaban J connectivity index is 3.09. The van der Waals surface area contributed by atoms with Crippen molar-refractivity contribution in [2.24, 2.45) is 0 Å². The zero-order valence-corrected chi connectivity index (χ0v) is 9.28. The van der Waals surface area contributed by atoms with Crippen LogP contribution in [0.5, 0.6) is 0 Å². The van der Waals surface area contributed by atoms with Crippen molar-refractivity contribution in [3.63, 3.8) is 0 Å². The number of nitrogen functional groups attached to an aromatic ring is 1. The molecule has 0 amide bonds. The molecule has 1 aromatic rings. The van der Waals surface area contributed by atoms with E-state index in [1.165, 1.54) is 18.2 Å². The lowest BCUT2D eigenvalue weighted by molar-refractivity contribution is -0.0328. The number of anilines is 1. The van der Waals surface area contributed by atoms with Gasteiger partial charge in [0, 0.05) is 16.9 Å². The molecule has 0 spiro atoms. The zero-order valence-electron chi connectivity index (χ0n) is 8.47. The van der Waals surface area contributed by atoms with Gasteiger partial charge in [0.15, 0.2) is 5.78 Å². The highest BCUT2D eigenvalue weighted by Crippen LogP contribution is 2.40. The molecule has 0 saturated heterocycles. The van der Waals surface area contributed by atoms with Gasteiger partial charge in [-0.3, -0.25) is 4.79 Å². The van der Waals surface area contributed by atoms with Crippen molar-refractivity contribution < 1.29 is 18.0 Å². The second kappa shape index (κ2) is 4.78. The number of carbonyl (C=O) groups is 1. The van der Waals surface area contributed by atoms with E-state index in [0.29, 0.717) is 0 Å². The lowest BCUT2D eigenvalue weighted by Crippen LogP contribution is -2.06. The molecule has 0 aliphatic heterocycles. The van der Waals surface area contributed by atoms with Gasteiger partial charge in [-0.25, -0.2) is 0 Å². The van der Waals surface area contributed by atoms with Crippen LogP contribution < -0.4 is 5.73 Å². The quantitative estimate of drug-likeness (QED) is 0.506. The minimum Gasteiger partial charge on any atom is -0.397 e. The van der Waals surface area contributed by atoms with Crippen molar-refractivity contribution in [2.45, 2.75) is 23.7 Å². The molecular weight excluding hydrogens is 239 g/mol. The highest BCUT2D eigenvalue weighted by atomic mass is 32.2. The molecule has 0 saturated carbocycles. The third-order valence-corrected chi connectivity index (χ3v) is 2.72. The Morgan fingerprint density at radius 3 is 2.56 bits per heavy atom. The number of halogens is 3. The third-order valence-electron chi connectivity index (χ3n) is 1.91. The summed E-state index contributed by atoms with van der Waals surface area (Å²) in [5.74, 6) is -0.262. The average molecular weight is 249 g/mol. The van der Waals surface area contributed by atoms with E-state index >= 15 is 0 Å². The molecule has 0 aliphatic rings. The highest BCUT2D eigenvalue weighted by Gasteiger charge is 2.30. The number of hydrogen-bond acceptors (Lipinski definition) is 3. The van der Waals surface area contributed by atoms with E-state index in [0.717, 1.165) is 0 Å². The maximum atomic E-state index is 12.2. The van der Waals surface area contributed by atoms with Crippen molar-refractivity contribution in [1.82, 2.24) is 0 Å². The summed E-state index contributed by atoms with van der Waals surface area (Å²) >= 11 is -0.308. The topological polar surface area (TPSA) is 43.1 Å². The molecule has 88 valence electrons. The van der Waals surface area contributed by atoms with Gasteiger partial charge in [0.05, 0.1) is 5.69 Å². The smallest absolute Gasteiger partial charge is 0.397 e. The number of thioether (sulfide) groups is 1. The first-order chi connectivity index (χ1) is 7.35. The SMILES string of the molecule is CCC(=O)c1cccc(SC(F)(F)F)c1N. The first-order valence-electron chi connectivity index (χ1n) is 4.52. The molecule has 0 unspecified atom stereocenters. The number of rotatable bonds is 3. The molecule has 2 nitrogen and oxygen atoms in total. The molecule has 6 heteroatoms. The molecule has 0 aromatic heterocycles. The summed E-state index contributed by atoms with van der Waals surface area (Å²) in [4.78, 5) is 11.2. The van der Waals surface area contributed by atoms with Crippen molar-refractivity contribution >= 4 is 23.2 Å². The van der Waals surface area contributed by atoms with E-state index in [9.17, 15) is 18.0 Å². The Labute approximate surface area is 95.0 Å². The molecule has 0 aliphatic carbocycles. The largest absolute Gasteiger partial charge is 0.446 e. The number of alkyl halides is 3. The monoisotopic (exact) mass is 249 g/mol. The van der Waals surface area contributed by atoms with E-state index in [-0.39, 0.29) is 40.1 Å². The van der Waals surface area contributed by atoms with E-state index in [2.05, 4.69) is 0 Å². The Morgan fingerprint density at radius 1 is 1.44 bits per heavy atom. The first-order valence-corrected chi connectivity index (χ1v) is 5.34. The number of carbonyl (C=O) groups excluding carboxylic acids is 1. The van der Waals surface area contributed by atoms with Crippen LogP contribution in [0.2, 0.25) is 0 Å². The molecule has 0 atom stereocenters. The van der Waals surface area contributed by atoms with E-state index in [1.807, 2.05) is 0 Å². The fourth-order valence-electron chi connectivity index (χ4n) is 1.19. The second-order valence-corrected chi connectivity index (χ2v) is 4.15. The molecule has 1 aromatic carbocycles. The Hall–Kier alpha value is -1.17. The van der Waals surface area contributed by atoms with Gasteiger partial charge in [-0.05, 0) is 23.9 Å². The lowest BCUT2D eigenvalue weighted by atomic mass is 10.1. The Bertz CT molecular complexity index is 404. The maximum absolute atomic E-state index is 12.2. The van der Waals surface area contributed by atoms with Crippen LogP contribution in [0.15, 0.2) is 23.1 Å². The maximum Gasteiger partial charge on any atom is 0.446 e. The fourth-order valence-corrected chi connectivity index (χ4v) is 1.81. The second-order valence-electron chi connectivity index (χ2n) is 3.04. The summed E-state index contributed by atoms with van der Waals surface area (Å²) in [6.45, 7) is 1.63. The van der Waals surface area contributed by atoms with Gasteiger partial charge in [-0.2, -0.15) is 13.2 Å². The Kier molecular flexibility index (Phi) is 3.85. The molecule has 0 bridgehead atoms.